The third-order valence-electron chi connectivity index (χ3n) is 9.08. The number of terminal acetylenes is 1. The highest BCUT2D eigenvalue weighted by Crippen LogP contribution is 2.68. The molecule has 3 nitrogen and oxygen atoms in total. The van der Waals surface area contributed by atoms with Crippen LogP contribution in [0.1, 0.15) is 65.2 Å². The molecule has 0 spiro atoms. The Labute approximate surface area is 145 Å². The molecule has 0 saturated heterocycles. The Balaban J connectivity index is 1.67. The number of rotatable bonds is 0. The molecule has 0 aromatic rings. The van der Waals surface area contributed by atoms with E-state index in [0.717, 1.165) is 38.5 Å². The lowest BCUT2D eigenvalue weighted by molar-refractivity contribution is -0.151. The van der Waals surface area contributed by atoms with Gasteiger partial charge in [0.05, 0.1) is 12.2 Å². The molecule has 4 unspecified atom stereocenters. The van der Waals surface area contributed by atoms with E-state index in [1.165, 1.54) is 6.42 Å². The minimum absolute atomic E-state index is 0.117. The molecule has 4 saturated carbocycles. The van der Waals surface area contributed by atoms with Crippen molar-refractivity contribution in [2.24, 2.45) is 34.5 Å². The van der Waals surface area contributed by atoms with Crippen molar-refractivity contribution in [3.63, 3.8) is 0 Å². The maximum atomic E-state index is 11.0. The first kappa shape index (κ1) is 16.9. The highest BCUT2D eigenvalue weighted by molar-refractivity contribution is 5.27. The molecule has 0 aromatic heterocycles. The van der Waals surface area contributed by atoms with Gasteiger partial charge in [0.1, 0.15) is 0 Å². The first-order valence-electron chi connectivity index (χ1n) is 9.82. The highest BCUT2D eigenvalue weighted by atomic mass is 16.3. The largest absolute Gasteiger partial charge is 0.393 e. The molecule has 0 aromatic carbocycles. The van der Waals surface area contributed by atoms with Crippen LogP contribution in [0.3, 0.4) is 0 Å². The van der Waals surface area contributed by atoms with Crippen LogP contribution in [-0.2, 0) is 0 Å². The molecule has 9 atom stereocenters. The lowest BCUT2D eigenvalue weighted by Crippen LogP contribution is -2.57. The minimum atomic E-state index is -1.37. The summed E-state index contributed by atoms with van der Waals surface area (Å²) in [6.45, 7) is 4.56. The molecule has 0 radical (unpaired) electrons. The van der Waals surface area contributed by atoms with Gasteiger partial charge in [-0.2, -0.15) is 0 Å². The molecular weight excluding hydrogens is 300 g/mol. The van der Waals surface area contributed by atoms with Crippen LogP contribution in [0.2, 0.25) is 0 Å². The lowest BCUT2D eigenvalue weighted by Gasteiger charge is -2.61. The Hall–Kier alpha value is -0.560. The Bertz CT molecular complexity index is 568. The van der Waals surface area contributed by atoms with Gasteiger partial charge in [-0.15, -0.1) is 6.42 Å². The zero-order valence-corrected chi connectivity index (χ0v) is 15.0. The molecule has 3 N–H and O–H groups in total. The quantitative estimate of drug-likeness (QED) is 0.598. The molecule has 0 amide bonds. The van der Waals surface area contributed by atoms with Crippen molar-refractivity contribution >= 4 is 0 Å². The van der Waals surface area contributed by atoms with Crippen LogP contribution in [0.15, 0.2) is 0 Å². The molecule has 24 heavy (non-hydrogen) atoms. The second kappa shape index (κ2) is 5.22. The van der Waals surface area contributed by atoms with Gasteiger partial charge in [-0.3, -0.25) is 0 Å². The van der Waals surface area contributed by atoms with Gasteiger partial charge in [-0.05, 0) is 80.5 Å². The summed E-state index contributed by atoms with van der Waals surface area (Å²) in [5, 5.41) is 31.7. The van der Waals surface area contributed by atoms with Crippen LogP contribution in [-0.4, -0.2) is 33.1 Å². The predicted octanol–water partition coefficient (Wildman–Crippen LogP) is 2.73. The van der Waals surface area contributed by atoms with Gasteiger partial charge in [-0.1, -0.05) is 19.8 Å². The number of aliphatic hydroxyl groups is 3. The molecule has 4 fully saturated rings. The SMILES string of the molecule is C#CC1(O)C(O)C[C@H]2[C@@H]3CCC4CC(O)CC[C@]4(C)[C@@H]3CC[C@@]21C. The van der Waals surface area contributed by atoms with Crippen molar-refractivity contribution in [1.82, 2.24) is 0 Å². The van der Waals surface area contributed by atoms with Crippen molar-refractivity contribution in [1.29, 1.82) is 0 Å². The third kappa shape index (κ3) is 1.91. The maximum absolute atomic E-state index is 11.0. The van der Waals surface area contributed by atoms with Crippen LogP contribution < -0.4 is 0 Å². The Morgan fingerprint density at radius 1 is 0.958 bits per heavy atom. The van der Waals surface area contributed by atoms with Crippen LogP contribution in [0.4, 0.5) is 0 Å². The van der Waals surface area contributed by atoms with Crippen LogP contribution >= 0.6 is 0 Å². The van der Waals surface area contributed by atoms with Crippen molar-refractivity contribution < 1.29 is 15.3 Å². The molecule has 0 bridgehead atoms. The fraction of sp³-hybridized carbons (Fsp3) is 0.905. The van der Waals surface area contributed by atoms with E-state index in [9.17, 15) is 15.3 Å². The molecule has 4 aliphatic rings. The summed E-state index contributed by atoms with van der Waals surface area (Å²) >= 11 is 0. The highest BCUT2D eigenvalue weighted by Gasteiger charge is 2.67. The zero-order valence-electron chi connectivity index (χ0n) is 15.0. The van der Waals surface area contributed by atoms with Gasteiger partial charge < -0.3 is 15.3 Å². The average molecular weight is 332 g/mol. The first-order chi connectivity index (χ1) is 11.3. The van der Waals surface area contributed by atoms with Crippen molar-refractivity contribution in [3.05, 3.63) is 0 Å². The van der Waals surface area contributed by atoms with E-state index in [4.69, 9.17) is 6.42 Å². The van der Waals surface area contributed by atoms with E-state index < -0.39 is 11.7 Å². The van der Waals surface area contributed by atoms with Gasteiger partial charge in [0.15, 0.2) is 5.60 Å². The minimum Gasteiger partial charge on any atom is -0.393 e. The second-order valence-electron chi connectivity index (χ2n) is 9.70. The summed E-state index contributed by atoms with van der Waals surface area (Å²) in [6, 6.07) is 0. The maximum Gasteiger partial charge on any atom is 0.156 e. The van der Waals surface area contributed by atoms with Gasteiger partial charge in [-0.25, -0.2) is 0 Å². The Kier molecular flexibility index (Phi) is 3.67. The van der Waals surface area contributed by atoms with Gasteiger partial charge in [0.2, 0.25) is 0 Å². The predicted molar refractivity (Wildman–Crippen MR) is 92.9 cm³/mol. The zero-order chi connectivity index (χ0) is 17.3. The normalized spacial score (nSPS) is 59.8. The van der Waals surface area contributed by atoms with Crippen LogP contribution in [0, 0.1) is 46.8 Å². The summed E-state index contributed by atoms with van der Waals surface area (Å²) in [5.74, 6) is 4.72. The lowest BCUT2D eigenvalue weighted by atomic mass is 9.44. The van der Waals surface area contributed by atoms with E-state index in [-0.39, 0.29) is 11.5 Å². The number of aliphatic hydroxyl groups excluding tert-OH is 2. The van der Waals surface area contributed by atoms with E-state index in [0.29, 0.717) is 35.5 Å². The summed E-state index contributed by atoms with van der Waals surface area (Å²) in [7, 11) is 0. The van der Waals surface area contributed by atoms with Gasteiger partial charge in [0.25, 0.3) is 0 Å². The van der Waals surface area contributed by atoms with Crippen molar-refractivity contribution in [2.75, 3.05) is 0 Å². The summed E-state index contributed by atoms with van der Waals surface area (Å²) in [6.07, 6.45) is 12.7. The third-order valence-corrected chi connectivity index (χ3v) is 9.08. The Morgan fingerprint density at radius 3 is 2.42 bits per heavy atom. The topological polar surface area (TPSA) is 60.7 Å². The number of fused-ring (bicyclic) bond motifs is 5. The fourth-order valence-corrected chi connectivity index (χ4v) is 7.52. The molecule has 134 valence electrons. The molecule has 3 heteroatoms. The molecule has 4 aliphatic carbocycles. The number of hydrogen-bond donors (Lipinski definition) is 3. The van der Waals surface area contributed by atoms with Crippen LogP contribution in [0.25, 0.3) is 0 Å². The second-order valence-corrected chi connectivity index (χ2v) is 9.70. The Morgan fingerprint density at radius 2 is 1.71 bits per heavy atom. The molecule has 4 rings (SSSR count). The van der Waals surface area contributed by atoms with E-state index in [2.05, 4.69) is 19.8 Å². The van der Waals surface area contributed by atoms with E-state index in [1.807, 2.05) is 0 Å². The molecule has 0 aliphatic heterocycles. The smallest absolute Gasteiger partial charge is 0.156 e. The standard InChI is InChI=1S/C21H32O3/c1-4-21(24)18(23)12-17-15-6-5-13-11-14(22)7-9-19(13,2)16(15)8-10-20(17,21)3/h1,13-18,22-24H,5-12H2,2-3H3/t13?,14?,15-,16-,17+,18?,19+,20+,21?/m1/s1. The van der Waals surface area contributed by atoms with Crippen molar-refractivity contribution in [3.8, 4) is 12.3 Å². The fourth-order valence-electron chi connectivity index (χ4n) is 7.52. The number of hydrogen-bond acceptors (Lipinski definition) is 3. The molecule has 0 heterocycles. The van der Waals surface area contributed by atoms with E-state index in [1.54, 1.807) is 0 Å². The summed E-state index contributed by atoms with van der Waals surface area (Å²) in [4.78, 5) is 0. The summed E-state index contributed by atoms with van der Waals surface area (Å²) in [5.41, 5.74) is -1.42. The van der Waals surface area contributed by atoms with E-state index >= 15 is 0 Å². The van der Waals surface area contributed by atoms with Crippen molar-refractivity contribution in [2.45, 2.75) is 83.0 Å². The summed E-state index contributed by atoms with van der Waals surface area (Å²) < 4.78 is 0. The van der Waals surface area contributed by atoms with Crippen LogP contribution in [0.5, 0.6) is 0 Å². The monoisotopic (exact) mass is 332 g/mol. The van der Waals surface area contributed by atoms with Gasteiger partial charge >= 0.3 is 0 Å². The average Bonchev–Trinajstić information content (AvgIpc) is 2.76. The molecular formula is C21H32O3. The first-order valence-corrected chi connectivity index (χ1v) is 9.82. The van der Waals surface area contributed by atoms with Gasteiger partial charge in [0, 0.05) is 5.41 Å².